The van der Waals surface area contributed by atoms with Crippen LogP contribution in [-0.4, -0.2) is 33.2 Å². The molecule has 1 saturated heterocycles. The molecule has 1 aromatic carbocycles. The van der Waals surface area contributed by atoms with E-state index in [2.05, 4.69) is 23.5 Å². The van der Waals surface area contributed by atoms with Gasteiger partial charge in [0.15, 0.2) is 0 Å². The number of hydrogen-bond acceptors (Lipinski definition) is 3. The molecule has 114 valence electrons. The van der Waals surface area contributed by atoms with Gasteiger partial charge in [0, 0.05) is 37.7 Å². The van der Waals surface area contributed by atoms with Crippen molar-refractivity contribution in [2.75, 3.05) is 32.2 Å². The third-order valence-corrected chi connectivity index (χ3v) is 4.78. The van der Waals surface area contributed by atoms with E-state index in [4.69, 9.17) is 4.74 Å². The molecular formula is C17H24N2O2. The number of benzene rings is 1. The molecule has 0 bridgehead atoms. The summed E-state index contributed by atoms with van der Waals surface area (Å²) in [4.78, 5) is 13.6. The Bertz CT molecular complexity index is 524. The third kappa shape index (κ3) is 2.83. The predicted octanol–water partition coefficient (Wildman–Crippen LogP) is 2.28. The van der Waals surface area contributed by atoms with Crippen LogP contribution < -0.4 is 10.2 Å². The molecular weight excluding hydrogens is 264 g/mol. The summed E-state index contributed by atoms with van der Waals surface area (Å²) in [5, 5.41) is 3.45. The van der Waals surface area contributed by atoms with Gasteiger partial charge in [-0.2, -0.15) is 0 Å². The molecule has 4 nitrogen and oxygen atoms in total. The zero-order chi connectivity index (χ0) is 14.8. The molecule has 0 saturated carbocycles. The van der Waals surface area contributed by atoms with Crippen LogP contribution in [0.4, 0.5) is 5.69 Å². The fourth-order valence-electron chi connectivity index (χ4n) is 3.57. The second-order valence-electron chi connectivity index (χ2n) is 6.08. The van der Waals surface area contributed by atoms with Gasteiger partial charge in [0.25, 0.3) is 0 Å². The summed E-state index contributed by atoms with van der Waals surface area (Å²) in [5.41, 5.74) is 3.66. The van der Waals surface area contributed by atoms with Crippen LogP contribution >= 0.6 is 0 Å². The van der Waals surface area contributed by atoms with Crippen LogP contribution in [0.15, 0.2) is 18.2 Å². The monoisotopic (exact) mass is 288 g/mol. The molecule has 3 rings (SSSR count). The smallest absolute Gasteiger partial charge is 0.227 e. The summed E-state index contributed by atoms with van der Waals surface area (Å²) < 4.78 is 5.64. The van der Waals surface area contributed by atoms with Crippen LogP contribution in [0.1, 0.15) is 36.4 Å². The Labute approximate surface area is 126 Å². The van der Waals surface area contributed by atoms with Crippen molar-refractivity contribution in [2.24, 2.45) is 5.92 Å². The molecule has 2 unspecified atom stereocenters. The Morgan fingerprint density at radius 1 is 1.38 bits per heavy atom. The SMILES string of the molecule is CNC(c1ccc2c(c1)CCC(=O)N2C)C1CCCOC1. The number of nitrogens with zero attached hydrogens (tertiary/aromatic N) is 1. The van der Waals surface area contributed by atoms with Crippen molar-refractivity contribution < 1.29 is 9.53 Å². The average Bonchev–Trinajstić information content (AvgIpc) is 2.53. The number of fused-ring (bicyclic) bond motifs is 1. The number of aryl methyl sites for hydroxylation is 1. The normalized spacial score (nSPS) is 23.8. The zero-order valence-electron chi connectivity index (χ0n) is 12.9. The lowest BCUT2D eigenvalue weighted by molar-refractivity contribution is -0.118. The van der Waals surface area contributed by atoms with Crippen LogP contribution in [-0.2, 0) is 16.0 Å². The van der Waals surface area contributed by atoms with Crippen LogP contribution in [0.5, 0.6) is 0 Å². The maximum Gasteiger partial charge on any atom is 0.227 e. The first-order valence-corrected chi connectivity index (χ1v) is 7.85. The molecule has 0 spiro atoms. The summed E-state index contributed by atoms with van der Waals surface area (Å²) in [5.74, 6) is 0.742. The van der Waals surface area contributed by atoms with E-state index >= 15 is 0 Å². The van der Waals surface area contributed by atoms with Crippen molar-refractivity contribution in [1.29, 1.82) is 0 Å². The molecule has 1 aromatic rings. The van der Waals surface area contributed by atoms with E-state index in [0.29, 0.717) is 18.4 Å². The number of nitrogens with one attached hydrogen (secondary N) is 1. The molecule has 0 aromatic heterocycles. The van der Waals surface area contributed by atoms with Crippen molar-refractivity contribution in [1.82, 2.24) is 5.32 Å². The predicted molar refractivity (Wildman–Crippen MR) is 83.5 cm³/mol. The second-order valence-corrected chi connectivity index (χ2v) is 6.08. The third-order valence-electron chi connectivity index (χ3n) is 4.78. The summed E-state index contributed by atoms with van der Waals surface area (Å²) in [7, 11) is 3.89. The van der Waals surface area contributed by atoms with Crippen LogP contribution in [0.3, 0.4) is 0 Å². The van der Waals surface area contributed by atoms with Gasteiger partial charge in [-0.25, -0.2) is 0 Å². The number of amides is 1. The topological polar surface area (TPSA) is 41.6 Å². The van der Waals surface area contributed by atoms with E-state index in [1.807, 2.05) is 14.1 Å². The van der Waals surface area contributed by atoms with E-state index in [-0.39, 0.29) is 5.91 Å². The molecule has 1 fully saturated rings. The van der Waals surface area contributed by atoms with Gasteiger partial charge in [-0.3, -0.25) is 4.79 Å². The molecule has 0 aliphatic carbocycles. The minimum Gasteiger partial charge on any atom is -0.381 e. The van der Waals surface area contributed by atoms with Gasteiger partial charge < -0.3 is 15.0 Å². The summed E-state index contributed by atoms with van der Waals surface area (Å²) in [6, 6.07) is 6.85. The van der Waals surface area contributed by atoms with E-state index in [0.717, 1.165) is 31.7 Å². The molecule has 1 amide bonds. The number of carbonyl (C=O) groups is 1. The van der Waals surface area contributed by atoms with E-state index in [1.165, 1.54) is 17.5 Å². The molecule has 21 heavy (non-hydrogen) atoms. The Morgan fingerprint density at radius 3 is 2.95 bits per heavy atom. The van der Waals surface area contributed by atoms with Gasteiger partial charge in [-0.15, -0.1) is 0 Å². The first-order valence-electron chi connectivity index (χ1n) is 7.85. The lowest BCUT2D eigenvalue weighted by Gasteiger charge is -2.32. The Kier molecular flexibility index (Phi) is 4.27. The highest BCUT2D eigenvalue weighted by Gasteiger charge is 2.26. The first-order chi connectivity index (χ1) is 10.2. The minimum absolute atomic E-state index is 0.209. The molecule has 2 heterocycles. The van der Waals surface area contributed by atoms with E-state index < -0.39 is 0 Å². The van der Waals surface area contributed by atoms with Crippen molar-refractivity contribution in [3.05, 3.63) is 29.3 Å². The summed E-state index contributed by atoms with van der Waals surface area (Å²) >= 11 is 0. The van der Waals surface area contributed by atoms with Gasteiger partial charge in [0.05, 0.1) is 6.61 Å². The van der Waals surface area contributed by atoms with Gasteiger partial charge in [-0.1, -0.05) is 12.1 Å². The van der Waals surface area contributed by atoms with Crippen LogP contribution in [0.2, 0.25) is 0 Å². The van der Waals surface area contributed by atoms with Crippen LogP contribution in [0.25, 0.3) is 0 Å². The Hall–Kier alpha value is -1.39. The van der Waals surface area contributed by atoms with Gasteiger partial charge in [0.2, 0.25) is 5.91 Å². The van der Waals surface area contributed by atoms with Crippen molar-refractivity contribution in [3.63, 3.8) is 0 Å². The quantitative estimate of drug-likeness (QED) is 0.928. The molecule has 2 atom stereocenters. The van der Waals surface area contributed by atoms with Crippen molar-refractivity contribution in [3.8, 4) is 0 Å². The molecule has 2 aliphatic rings. The Balaban J connectivity index is 1.86. The highest BCUT2D eigenvalue weighted by atomic mass is 16.5. The van der Waals surface area contributed by atoms with Crippen molar-refractivity contribution >= 4 is 11.6 Å². The maximum absolute atomic E-state index is 11.8. The van der Waals surface area contributed by atoms with Gasteiger partial charge in [-0.05, 0) is 43.5 Å². The number of ether oxygens (including phenoxy) is 1. The largest absolute Gasteiger partial charge is 0.381 e. The molecule has 1 N–H and O–H groups in total. The second kappa shape index (κ2) is 6.16. The number of hydrogen-bond donors (Lipinski definition) is 1. The molecule has 4 heteroatoms. The Morgan fingerprint density at radius 2 is 2.24 bits per heavy atom. The lowest BCUT2D eigenvalue weighted by Crippen LogP contribution is -2.33. The molecule has 0 radical (unpaired) electrons. The highest BCUT2D eigenvalue weighted by Crippen LogP contribution is 2.33. The number of rotatable bonds is 3. The van der Waals surface area contributed by atoms with E-state index in [1.54, 1.807) is 4.90 Å². The van der Waals surface area contributed by atoms with Crippen molar-refractivity contribution in [2.45, 2.75) is 31.7 Å². The minimum atomic E-state index is 0.209. The van der Waals surface area contributed by atoms with Gasteiger partial charge in [0.1, 0.15) is 0 Å². The molecule has 2 aliphatic heterocycles. The average molecular weight is 288 g/mol. The number of carbonyl (C=O) groups excluding carboxylic acids is 1. The lowest BCUT2D eigenvalue weighted by atomic mass is 9.87. The summed E-state index contributed by atoms with van der Waals surface area (Å²) in [6.07, 6.45) is 3.82. The maximum atomic E-state index is 11.8. The van der Waals surface area contributed by atoms with Gasteiger partial charge >= 0.3 is 0 Å². The fraction of sp³-hybridized carbons (Fsp3) is 0.588. The van der Waals surface area contributed by atoms with E-state index in [9.17, 15) is 4.79 Å². The summed E-state index contributed by atoms with van der Waals surface area (Å²) in [6.45, 7) is 1.73. The standard InChI is InChI=1S/C17H24N2O2/c1-18-17(14-4-3-9-21-11-14)13-5-7-15-12(10-13)6-8-16(20)19(15)2/h5,7,10,14,17-18H,3-4,6,8-9,11H2,1-2H3. The van der Waals surface area contributed by atoms with Crippen LogP contribution in [0, 0.1) is 5.92 Å². The first kappa shape index (κ1) is 14.5. The number of anilines is 1. The zero-order valence-corrected chi connectivity index (χ0v) is 12.9. The fourth-order valence-corrected chi connectivity index (χ4v) is 3.57. The highest BCUT2D eigenvalue weighted by molar-refractivity contribution is 5.95.